The average molecular weight is 477 g/mol. The molecule has 34 heavy (non-hydrogen) atoms. The summed E-state index contributed by atoms with van der Waals surface area (Å²) < 4.78 is 7.03. The van der Waals surface area contributed by atoms with Gasteiger partial charge in [0.25, 0.3) is 0 Å². The van der Waals surface area contributed by atoms with E-state index in [9.17, 15) is 4.79 Å². The van der Waals surface area contributed by atoms with Crippen molar-refractivity contribution in [3.8, 4) is 11.4 Å². The first-order chi connectivity index (χ1) is 16.4. The molecule has 0 atom stereocenters. The smallest absolute Gasteiger partial charge is 0.303 e. The number of benzene rings is 2. The highest BCUT2D eigenvalue weighted by atomic mass is 35.5. The molecular formula is C28H29ClN2O3. The highest BCUT2D eigenvalue weighted by Crippen LogP contribution is 2.26. The number of aryl methyl sites for hydroxylation is 3. The quantitative estimate of drug-likeness (QED) is 0.431. The minimum atomic E-state index is -0.839. The van der Waals surface area contributed by atoms with Gasteiger partial charge in [-0.2, -0.15) is 5.10 Å². The molecule has 2 aromatic carbocycles. The Balaban J connectivity index is 0.000000343. The number of carboxylic acids is 1. The molecule has 0 spiro atoms. The van der Waals surface area contributed by atoms with Crippen LogP contribution in [0.1, 0.15) is 35.4 Å². The predicted molar refractivity (Wildman–Crippen MR) is 138 cm³/mol. The van der Waals surface area contributed by atoms with E-state index in [1.54, 1.807) is 7.11 Å². The van der Waals surface area contributed by atoms with Crippen molar-refractivity contribution in [2.24, 2.45) is 0 Å². The molecule has 0 unspecified atom stereocenters. The summed E-state index contributed by atoms with van der Waals surface area (Å²) in [5.74, 6) is -0.0781. The second-order valence-electron chi connectivity index (χ2n) is 8.02. The fourth-order valence-corrected chi connectivity index (χ4v) is 3.48. The maximum absolute atomic E-state index is 10.9. The summed E-state index contributed by atoms with van der Waals surface area (Å²) in [7, 11) is 1.62. The van der Waals surface area contributed by atoms with Crippen LogP contribution < -0.4 is 4.74 Å². The van der Waals surface area contributed by atoms with Crippen LogP contribution in [-0.2, 0) is 11.2 Å². The van der Waals surface area contributed by atoms with Gasteiger partial charge in [0.2, 0.25) is 0 Å². The highest BCUT2D eigenvalue weighted by molar-refractivity contribution is 6.29. The number of rotatable bonds is 6. The molecule has 0 radical (unpaired) electrons. The molecule has 0 bridgehead atoms. The van der Waals surface area contributed by atoms with E-state index in [1.807, 2.05) is 59.3 Å². The third-order valence-corrected chi connectivity index (χ3v) is 5.52. The molecule has 3 aromatic rings. The molecule has 0 fully saturated rings. The van der Waals surface area contributed by atoms with Crippen molar-refractivity contribution >= 4 is 23.1 Å². The van der Waals surface area contributed by atoms with Gasteiger partial charge in [-0.1, -0.05) is 65.2 Å². The molecule has 0 saturated carbocycles. The Morgan fingerprint density at radius 3 is 2.29 bits per heavy atom. The Hall–Kier alpha value is -3.57. The fraction of sp³-hybridized carbons (Fsp3) is 0.214. The van der Waals surface area contributed by atoms with Crippen molar-refractivity contribution in [3.63, 3.8) is 0 Å². The van der Waals surface area contributed by atoms with Crippen molar-refractivity contribution < 1.29 is 14.6 Å². The number of allylic oxidation sites excluding steroid dienone is 6. The molecule has 1 aliphatic carbocycles. The minimum absolute atomic E-state index is 0.0414. The van der Waals surface area contributed by atoms with Gasteiger partial charge in [-0.15, -0.1) is 0 Å². The summed E-state index contributed by atoms with van der Waals surface area (Å²) in [6.07, 6.45) is 8.93. The molecule has 5 nitrogen and oxygen atoms in total. The zero-order chi connectivity index (χ0) is 24.5. The number of carbonyl (C=O) groups is 1. The monoisotopic (exact) mass is 476 g/mol. The molecule has 1 N–H and O–H groups in total. The third-order valence-electron chi connectivity index (χ3n) is 5.24. The lowest BCUT2D eigenvalue weighted by molar-refractivity contribution is -0.136. The van der Waals surface area contributed by atoms with E-state index in [4.69, 9.17) is 21.4 Å². The lowest BCUT2D eigenvalue weighted by Crippen LogP contribution is -2.02. The van der Waals surface area contributed by atoms with Crippen molar-refractivity contribution in [1.82, 2.24) is 9.78 Å². The largest absolute Gasteiger partial charge is 0.497 e. The Labute approximate surface area is 205 Å². The normalized spacial score (nSPS) is 12.7. The zero-order valence-electron chi connectivity index (χ0n) is 19.7. The van der Waals surface area contributed by atoms with Gasteiger partial charge in [-0.25, -0.2) is 4.68 Å². The summed E-state index contributed by atoms with van der Waals surface area (Å²) in [5.41, 5.74) is 6.11. The molecule has 0 aliphatic heterocycles. The fourth-order valence-electron chi connectivity index (χ4n) is 3.32. The zero-order valence-corrected chi connectivity index (χ0v) is 20.4. The number of aliphatic carboxylic acids is 1. The average Bonchev–Trinajstić information content (AvgIpc) is 3.14. The predicted octanol–water partition coefficient (Wildman–Crippen LogP) is 6.67. The number of carboxylic acid groups (broad SMARTS) is 1. The van der Waals surface area contributed by atoms with Gasteiger partial charge in [0, 0.05) is 17.9 Å². The molecule has 0 amide bonds. The van der Waals surface area contributed by atoms with Crippen LogP contribution >= 0.6 is 11.6 Å². The molecule has 176 valence electrons. The Morgan fingerprint density at radius 1 is 1.06 bits per heavy atom. The second kappa shape index (κ2) is 12.1. The van der Waals surface area contributed by atoms with Crippen LogP contribution in [0.5, 0.6) is 5.75 Å². The maximum Gasteiger partial charge on any atom is 0.303 e. The first-order valence-electron chi connectivity index (χ1n) is 11.1. The van der Waals surface area contributed by atoms with Gasteiger partial charge in [0.05, 0.1) is 30.6 Å². The van der Waals surface area contributed by atoms with Crippen LogP contribution in [0.3, 0.4) is 0 Å². The Bertz CT molecular complexity index is 1180. The number of nitrogens with zero attached hydrogens (tertiary/aromatic N) is 2. The van der Waals surface area contributed by atoms with Crippen molar-refractivity contribution in [1.29, 1.82) is 0 Å². The molecular weight excluding hydrogens is 448 g/mol. The van der Waals surface area contributed by atoms with Gasteiger partial charge < -0.3 is 9.84 Å². The number of hydrogen-bond donors (Lipinski definition) is 1. The maximum atomic E-state index is 10.9. The van der Waals surface area contributed by atoms with E-state index in [1.165, 1.54) is 11.1 Å². The lowest BCUT2D eigenvalue weighted by Gasteiger charge is -2.09. The van der Waals surface area contributed by atoms with E-state index in [2.05, 4.69) is 43.2 Å². The summed E-state index contributed by atoms with van der Waals surface area (Å²) in [4.78, 5) is 10.9. The van der Waals surface area contributed by atoms with E-state index in [-0.39, 0.29) is 6.42 Å². The van der Waals surface area contributed by atoms with Crippen molar-refractivity contribution in [3.05, 3.63) is 106 Å². The highest BCUT2D eigenvalue weighted by Gasteiger charge is 2.14. The number of halogens is 1. The van der Waals surface area contributed by atoms with Gasteiger partial charge in [-0.05, 0) is 55.8 Å². The molecule has 1 aliphatic rings. The second-order valence-corrected chi connectivity index (χ2v) is 8.51. The molecule has 6 heteroatoms. The molecule has 4 rings (SSSR count). The van der Waals surface area contributed by atoms with Crippen molar-refractivity contribution in [2.75, 3.05) is 7.11 Å². The van der Waals surface area contributed by atoms with Crippen LogP contribution in [0.4, 0.5) is 0 Å². The Morgan fingerprint density at radius 2 is 1.71 bits per heavy atom. The van der Waals surface area contributed by atoms with Crippen LogP contribution in [-0.4, -0.2) is 28.0 Å². The summed E-state index contributed by atoms with van der Waals surface area (Å²) in [6, 6.07) is 18.0. The summed E-state index contributed by atoms with van der Waals surface area (Å²) in [6.45, 7) is 4.19. The van der Waals surface area contributed by atoms with E-state index >= 15 is 0 Å². The first kappa shape index (κ1) is 25.1. The van der Waals surface area contributed by atoms with Gasteiger partial charge in [0.1, 0.15) is 5.75 Å². The first-order valence-corrected chi connectivity index (χ1v) is 11.4. The van der Waals surface area contributed by atoms with E-state index < -0.39 is 5.97 Å². The number of methoxy groups -OCH3 is 1. The van der Waals surface area contributed by atoms with E-state index in [0.717, 1.165) is 33.4 Å². The standard InChI is InChI=1S/C20H19ClN2O3.C8H10/c1-26-18-10-8-17(9-11-18)23-19(13-16(22-23)7-12-20(24)25)14-3-2-4-15(21)6-5-14;1-7-3-5-8(2)6-4-7/h2-3,5-6,8-11,13H,4,7,12H2,1H3,(H,24,25);3-6H,1-2H3. The SMILES string of the molecule is COc1ccc(-n2nc(CCC(=O)O)cc2C2=CC=C(Cl)CC=C2)cc1.Cc1ccc(C)cc1. The van der Waals surface area contributed by atoms with Crippen LogP contribution in [0.2, 0.25) is 0 Å². The number of ether oxygens (including phenoxy) is 1. The minimum Gasteiger partial charge on any atom is -0.497 e. The number of hydrogen-bond acceptors (Lipinski definition) is 3. The third kappa shape index (κ3) is 7.22. The van der Waals surface area contributed by atoms with Gasteiger partial charge in [-0.3, -0.25) is 4.79 Å². The molecule has 0 saturated heterocycles. The Kier molecular flexibility index (Phi) is 8.88. The number of aromatic nitrogens is 2. The van der Waals surface area contributed by atoms with Crippen LogP contribution in [0.15, 0.2) is 83.9 Å². The molecule has 1 aromatic heterocycles. The van der Waals surface area contributed by atoms with Crippen LogP contribution in [0, 0.1) is 13.8 Å². The van der Waals surface area contributed by atoms with Gasteiger partial charge in [0.15, 0.2) is 0 Å². The topological polar surface area (TPSA) is 64.4 Å². The van der Waals surface area contributed by atoms with Crippen molar-refractivity contribution in [2.45, 2.75) is 33.1 Å². The summed E-state index contributed by atoms with van der Waals surface area (Å²) in [5, 5.41) is 14.3. The van der Waals surface area contributed by atoms with Crippen LogP contribution in [0.25, 0.3) is 11.3 Å². The van der Waals surface area contributed by atoms with E-state index in [0.29, 0.717) is 12.8 Å². The summed E-state index contributed by atoms with van der Waals surface area (Å²) >= 11 is 6.12. The molecule has 1 heterocycles. The van der Waals surface area contributed by atoms with Gasteiger partial charge >= 0.3 is 5.97 Å². The lowest BCUT2D eigenvalue weighted by atomic mass is 10.1.